The van der Waals surface area contributed by atoms with E-state index in [1.807, 2.05) is 6.92 Å². The van der Waals surface area contributed by atoms with E-state index in [0.29, 0.717) is 25.1 Å². The van der Waals surface area contributed by atoms with Crippen molar-refractivity contribution in [2.24, 2.45) is 5.73 Å². The summed E-state index contributed by atoms with van der Waals surface area (Å²) in [6.45, 7) is 4.32. The smallest absolute Gasteiger partial charge is 0.241 e. The normalized spacial score (nSPS) is 10.4. The Bertz CT molecular complexity index is 467. The highest BCUT2D eigenvalue weighted by Crippen LogP contribution is 2.14. The number of nitrogens with zero attached hydrogens (tertiary/aromatic N) is 2. The highest BCUT2D eigenvalue weighted by atomic mass is 16.2. The Labute approximate surface area is 112 Å². The van der Waals surface area contributed by atoms with Gasteiger partial charge in [0.15, 0.2) is 0 Å². The summed E-state index contributed by atoms with van der Waals surface area (Å²) in [5.41, 5.74) is 12.9. The Morgan fingerprint density at radius 1 is 1.32 bits per heavy atom. The highest BCUT2D eigenvalue weighted by Gasteiger charge is 2.10. The number of carbonyl (C=O) groups is 2. The largest absolute Gasteiger partial charge is 0.396 e. The van der Waals surface area contributed by atoms with Crippen molar-refractivity contribution in [2.45, 2.75) is 39.7 Å². The van der Waals surface area contributed by atoms with Gasteiger partial charge in [0.25, 0.3) is 0 Å². The summed E-state index contributed by atoms with van der Waals surface area (Å²) in [5, 5.41) is 6.96. The van der Waals surface area contributed by atoms with Crippen molar-refractivity contribution in [1.29, 1.82) is 0 Å². The zero-order valence-electron chi connectivity index (χ0n) is 11.4. The number of aryl methyl sites for hydroxylation is 1. The monoisotopic (exact) mass is 267 g/mol. The van der Waals surface area contributed by atoms with Crippen LogP contribution in [0.3, 0.4) is 0 Å². The van der Waals surface area contributed by atoms with E-state index >= 15 is 0 Å². The van der Waals surface area contributed by atoms with E-state index < -0.39 is 0 Å². The van der Waals surface area contributed by atoms with Crippen LogP contribution in [0.5, 0.6) is 0 Å². The number of aromatic nitrogens is 2. The van der Waals surface area contributed by atoms with Gasteiger partial charge >= 0.3 is 0 Å². The van der Waals surface area contributed by atoms with E-state index in [-0.39, 0.29) is 18.4 Å². The van der Waals surface area contributed by atoms with Crippen molar-refractivity contribution in [3.05, 3.63) is 11.4 Å². The quantitative estimate of drug-likeness (QED) is 0.596. The van der Waals surface area contributed by atoms with Gasteiger partial charge < -0.3 is 16.8 Å². The summed E-state index contributed by atoms with van der Waals surface area (Å²) in [6.07, 6.45) is 1.76. The molecule has 0 fully saturated rings. The number of amides is 2. The molecule has 2 amide bonds. The molecule has 7 heteroatoms. The van der Waals surface area contributed by atoms with Gasteiger partial charge in [0.2, 0.25) is 11.8 Å². The minimum absolute atomic E-state index is 0.121. The van der Waals surface area contributed by atoms with Crippen LogP contribution in [-0.4, -0.2) is 28.1 Å². The number of unbranched alkanes of at least 4 members (excludes halogenated alkanes) is 1. The molecule has 5 N–H and O–H groups in total. The average molecular weight is 267 g/mol. The second kappa shape index (κ2) is 6.77. The predicted octanol–water partition coefficient (Wildman–Crippen LogP) is -0.146. The molecule has 0 atom stereocenters. The second-order valence-corrected chi connectivity index (χ2v) is 4.52. The van der Waals surface area contributed by atoms with Crippen LogP contribution in [0.4, 0.5) is 5.69 Å². The van der Waals surface area contributed by atoms with Crippen LogP contribution in [0, 0.1) is 13.8 Å². The molecule has 1 aromatic rings. The molecule has 0 radical (unpaired) electrons. The molecule has 0 bridgehead atoms. The molecule has 0 spiro atoms. The van der Waals surface area contributed by atoms with Gasteiger partial charge in [-0.05, 0) is 26.7 Å². The van der Waals surface area contributed by atoms with Crippen molar-refractivity contribution < 1.29 is 9.59 Å². The van der Waals surface area contributed by atoms with Crippen LogP contribution in [0.15, 0.2) is 0 Å². The van der Waals surface area contributed by atoms with Gasteiger partial charge in [-0.2, -0.15) is 5.10 Å². The van der Waals surface area contributed by atoms with E-state index in [9.17, 15) is 9.59 Å². The van der Waals surface area contributed by atoms with Crippen molar-refractivity contribution >= 4 is 17.5 Å². The van der Waals surface area contributed by atoms with Crippen molar-refractivity contribution in [1.82, 2.24) is 15.1 Å². The summed E-state index contributed by atoms with van der Waals surface area (Å²) < 4.78 is 1.59. The molecule has 106 valence electrons. The third kappa shape index (κ3) is 4.61. The zero-order valence-corrected chi connectivity index (χ0v) is 11.4. The van der Waals surface area contributed by atoms with Gasteiger partial charge in [0, 0.05) is 13.0 Å². The molecular formula is C12H21N5O2. The molecular weight excluding hydrogens is 246 g/mol. The summed E-state index contributed by atoms with van der Waals surface area (Å²) in [5.74, 6) is -0.436. The lowest BCUT2D eigenvalue weighted by molar-refractivity contribution is -0.121. The second-order valence-electron chi connectivity index (χ2n) is 4.52. The Morgan fingerprint density at radius 2 is 2.00 bits per heavy atom. The minimum atomic E-state index is -0.315. The number of carbonyl (C=O) groups excluding carboxylic acids is 2. The maximum absolute atomic E-state index is 11.7. The fraction of sp³-hybridized carbons (Fsp3) is 0.583. The fourth-order valence-electron chi connectivity index (χ4n) is 1.71. The summed E-state index contributed by atoms with van der Waals surface area (Å²) in [7, 11) is 0. The molecule has 19 heavy (non-hydrogen) atoms. The Kier molecular flexibility index (Phi) is 5.35. The van der Waals surface area contributed by atoms with E-state index in [4.69, 9.17) is 11.5 Å². The first-order valence-electron chi connectivity index (χ1n) is 6.26. The van der Waals surface area contributed by atoms with Gasteiger partial charge in [0.05, 0.1) is 17.1 Å². The van der Waals surface area contributed by atoms with Gasteiger partial charge in [-0.1, -0.05) is 0 Å². The van der Waals surface area contributed by atoms with E-state index in [0.717, 1.165) is 17.8 Å². The van der Waals surface area contributed by atoms with Crippen LogP contribution in [0.2, 0.25) is 0 Å². The first kappa shape index (κ1) is 15.0. The number of nitrogens with two attached hydrogens (primary N) is 2. The molecule has 1 aromatic heterocycles. The number of rotatable bonds is 7. The molecule has 1 rings (SSSR count). The van der Waals surface area contributed by atoms with E-state index in [2.05, 4.69) is 10.4 Å². The summed E-state index contributed by atoms with van der Waals surface area (Å²) in [6, 6.07) is 0. The third-order valence-electron chi connectivity index (χ3n) is 2.90. The first-order valence-corrected chi connectivity index (χ1v) is 6.26. The molecule has 0 saturated carbocycles. The zero-order chi connectivity index (χ0) is 14.4. The first-order chi connectivity index (χ1) is 8.91. The fourth-order valence-corrected chi connectivity index (χ4v) is 1.71. The topological polar surface area (TPSA) is 116 Å². The lowest BCUT2D eigenvalue weighted by Crippen LogP contribution is -2.29. The predicted molar refractivity (Wildman–Crippen MR) is 72.2 cm³/mol. The molecule has 0 aliphatic rings. The lowest BCUT2D eigenvalue weighted by atomic mass is 10.2. The molecule has 0 aromatic carbocycles. The van der Waals surface area contributed by atoms with Crippen LogP contribution in [0.25, 0.3) is 0 Å². The summed E-state index contributed by atoms with van der Waals surface area (Å²) in [4.78, 5) is 22.2. The number of hydrogen-bond donors (Lipinski definition) is 3. The highest BCUT2D eigenvalue weighted by molar-refractivity contribution is 5.76. The average Bonchev–Trinajstić information content (AvgIpc) is 2.56. The maximum Gasteiger partial charge on any atom is 0.241 e. The number of nitrogens with one attached hydrogen (secondary N) is 1. The third-order valence-corrected chi connectivity index (χ3v) is 2.90. The number of anilines is 1. The number of nitrogen functional groups attached to an aromatic ring is 1. The van der Waals surface area contributed by atoms with Crippen molar-refractivity contribution in [3.63, 3.8) is 0 Å². The standard InChI is InChI=1S/C12H21N5O2/c1-8-12(14)9(2)17(16-8)7-11(19)15-6-4-3-5-10(13)18/h3-7,14H2,1-2H3,(H2,13,18)(H,15,19). The number of hydrogen-bond acceptors (Lipinski definition) is 4. The Balaban J connectivity index is 2.31. The van der Waals surface area contributed by atoms with Gasteiger partial charge in [-0.3, -0.25) is 14.3 Å². The Hall–Kier alpha value is -2.05. The summed E-state index contributed by atoms with van der Waals surface area (Å²) >= 11 is 0. The van der Waals surface area contributed by atoms with Crippen molar-refractivity contribution in [2.75, 3.05) is 12.3 Å². The Morgan fingerprint density at radius 3 is 2.53 bits per heavy atom. The maximum atomic E-state index is 11.7. The van der Waals surface area contributed by atoms with Crippen molar-refractivity contribution in [3.8, 4) is 0 Å². The van der Waals surface area contributed by atoms with Gasteiger partial charge in [-0.15, -0.1) is 0 Å². The molecule has 0 unspecified atom stereocenters. The van der Waals surface area contributed by atoms with Crippen LogP contribution >= 0.6 is 0 Å². The lowest BCUT2D eigenvalue weighted by Gasteiger charge is -2.06. The van der Waals surface area contributed by atoms with Crippen LogP contribution in [-0.2, 0) is 16.1 Å². The molecule has 1 heterocycles. The molecule has 0 aliphatic heterocycles. The molecule has 0 aliphatic carbocycles. The SMILES string of the molecule is Cc1nn(CC(=O)NCCCCC(N)=O)c(C)c1N. The minimum Gasteiger partial charge on any atom is -0.396 e. The van der Waals surface area contributed by atoms with Crippen LogP contribution in [0.1, 0.15) is 30.7 Å². The number of primary amides is 1. The molecule has 7 nitrogen and oxygen atoms in total. The van der Waals surface area contributed by atoms with E-state index in [1.54, 1.807) is 11.6 Å². The van der Waals surface area contributed by atoms with E-state index in [1.165, 1.54) is 0 Å². The van der Waals surface area contributed by atoms with Gasteiger partial charge in [0.1, 0.15) is 6.54 Å². The van der Waals surface area contributed by atoms with Gasteiger partial charge in [-0.25, -0.2) is 0 Å². The van der Waals surface area contributed by atoms with Crippen LogP contribution < -0.4 is 16.8 Å². The molecule has 0 saturated heterocycles.